The summed E-state index contributed by atoms with van der Waals surface area (Å²) in [5, 5.41) is 3.69. The third kappa shape index (κ3) is 4.64. The van der Waals surface area contributed by atoms with E-state index in [1.165, 1.54) is 26.9 Å². The van der Waals surface area contributed by atoms with Crippen LogP contribution in [0, 0.1) is 0 Å². The van der Waals surface area contributed by atoms with Crippen molar-refractivity contribution < 1.29 is 8.42 Å². The molecule has 1 aromatic heterocycles. The molecule has 1 aliphatic carbocycles. The molecule has 6 nitrogen and oxygen atoms in total. The van der Waals surface area contributed by atoms with E-state index in [4.69, 9.17) is 0 Å². The second kappa shape index (κ2) is 7.53. The molecule has 0 fully saturated rings. The highest BCUT2D eigenvalue weighted by atomic mass is 32.2. The minimum Gasteiger partial charge on any atom is -0.317 e. The summed E-state index contributed by atoms with van der Waals surface area (Å²) in [6.07, 6.45) is 5.10. The van der Waals surface area contributed by atoms with E-state index in [-0.39, 0.29) is 0 Å². The molecule has 0 unspecified atom stereocenters. The van der Waals surface area contributed by atoms with Crippen LogP contribution < -0.4 is 10.0 Å². The molecule has 21 heavy (non-hydrogen) atoms. The quantitative estimate of drug-likeness (QED) is 0.709. The molecule has 0 atom stereocenters. The van der Waals surface area contributed by atoms with Gasteiger partial charge in [-0.1, -0.05) is 6.92 Å². The van der Waals surface area contributed by atoms with Crippen molar-refractivity contribution in [3.63, 3.8) is 0 Å². The molecule has 0 saturated heterocycles. The highest BCUT2D eigenvalue weighted by Crippen LogP contribution is 2.30. The lowest BCUT2D eigenvalue weighted by Crippen LogP contribution is -2.34. The first-order chi connectivity index (χ1) is 10.0. The molecular weight excluding hydrogens is 308 g/mol. The third-order valence-corrected chi connectivity index (χ3v) is 6.21. The van der Waals surface area contributed by atoms with Gasteiger partial charge < -0.3 is 5.32 Å². The van der Waals surface area contributed by atoms with Gasteiger partial charge in [-0.25, -0.2) is 9.71 Å². The Hall–Kier alpha value is -0.700. The van der Waals surface area contributed by atoms with Crippen LogP contribution in [0.1, 0.15) is 36.8 Å². The van der Waals surface area contributed by atoms with Crippen molar-refractivity contribution in [1.82, 2.24) is 14.6 Å². The van der Waals surface area contributed by atoms with Crippen LogP contribution in [0.3, 0.4) is 0 Å². The summed E-state index contributed by atoms with van der Waals surface area (Å²) in [6, 6.07) is 0. The smallest absolute Gasteiger partial charge is 0.303 e. The number of nitrogens with zero attached hydrogens (tertiary/aromatic N) is 2. The van der Waals surface area contributed by atoms with Crippen LogP contribution in [-0.2, 0) is 23.1 Å². The number of thiazole rings is 1. The molecule has 8 heteroatoms. The zero-order valence-corrected chi connectivity index (χ0v) is 14.3. The lowest BCUT2D eigenvalue weighted by molar-refractivity contribution is 0.459. The number of hydrogen-bond acceptors (Lipinski definition) is 5. The molecule has 2 N–H and O–H groups in total. The molecule has 0 radical (unpaired) electrons. The van der Waals surface area contributed by atoms with Gasteiger partial charge in [-0.3, -0.25) is 0 Å². The predicted octanol–water partition coefficient (Wildman–Crippen LogP) is 1.61. The zero-order chi connectivity index (χ0) is 15.3. The third-order valence-electron chi connectivity index (χ3n) is 3.55. The van der Waals surface area contributed by atoms with E-state index in [1.807, 2.05) is 6.92 Å². The maximum atomic E-state index is 12.2. The molecule has 2 rings (SSSR count). The Labute approximate surface area is 131 Å². The summed E-state index contributed by atoms with van der Waals surface area (Å²) >= 11 is 1.47. The molecule has 0 spiro atoms. The van der Waals surface area contributed by atoms with Crippen molar-refractivity contribution in [1.29, 1.82) is 0 Å². The molecule has 120 valence electrons. The van der Waals surface area contributed by atoms with Crippen molar-refractivity contribution >= 4 is 26.7 Å². The Morgan fingerprint density at radius 2 is 2.10 bits per heavy atom. The van der Waals surface area contributed by atoms with Crippen molar-refractivity contribution in [2.45, 2.75) is 39.0 Å². The number of hydrogen-bond donors (Lipinski definition) is 2. The highest BCUT2D eigenvalue weighted by Gasteiger charge is 2.21. The standard InChI is InChI=1S/C13H24N4O2S2/c1-3-14-9-6-10-17(2)21(18,19)16-13-15-11-7-4-5-8-12(11)20-13/h14H,3-10H2,1-2H3,(H,15,16). The van der Waals surface area contributed by atoms with Crippen LogP contribution in [0.5, 0.6) is 0 Å². The lowest BCUT2D eigenvalue weighted by Gasteiger charge is -2.17. The van der Waals surface area contributed by atoms with Crippen molar-refractivity contribution in [2.24, 2.45) is 0 Å². The first-order valence-corrected chi connectivity index (χ1v) is 9.72. The fraction of sp³-hybridized carbons (Fsp3) is 0.769. The first kappa shape index (κ1) is 16.7. The van der Waals surface area contributed by atoms with E-state index in [2.05, 4.69) is 15.0 Å². The van der Waals surface area contributed by atoms with E-state index in [1.54, 1.807) is 7.05 Å². The number of anilines is 1. The number of aryl methyl sites for hydroxylation is 2. The van der Waals surface area contributed by atoms with Gasteiger partial charge >= 0.3 is 10.2 Å². The predicted molar refractivity (Wildman–Crippen MR) is 87.1 cm³/mol. The summed E-state index contributed by atoms with van der Waals surface area (Å²) in [7, 11) is -1.90. The molecule has 1 aliphatic rings. The summed E-state index contributed by atoms with van der Waals surface area (Å²) in [5.74, 6) is 0. The lowest BCUT2D eigenvalue weighted by atomic mass is 10.0. The van der Waals surface area contributed by atoms with Gasteiger partial charge in [0.15, 0.2) is 5.13 Å². The van der Waals surface area contributed by atoms with E-state index in [9.17, 15) is 8.42 Å². The SMILES string of the molecule is CCNCCCN(C)S(=O)(=O)Nc1nc2c(s1)CCCC2. The van der Waals surface area contributed by atoms with E-state index >= 15 is 0 Å². The minimum atomic E-state index is -3.50. The van der Waals surface area contributed by atoms with Crippen molar-refractivity contribution in [3.05, 3.63) is 10.6 Å². The summed E-state index contributed by atoms with van der Waals surface area (Å²) in [6.45, 7) is 4.25. The van der Waals surface area contributed by atoms with Crippen LogP contribution in [0.2, 0.25) is 0 Å². The molecule has 0 bridgehead atoms. The highest BCUT2D eigenvalue weighted by molar-refractivity contribution is 7.90. The molecular formula is C13H24N4O2S2. The zero-order valence-electron chi connectivity index (χ0n) is 12.7. The van der Waals surface area contributed by atoms with Gasteiger partial charge in [-0.05, 0) is 45.2 Å². The van der Waals surface area contributed by atoms with Crippen LogP contribution in [0.25, 0.3) is 0 Å². The normalized spacial score (nSPS) is 15.2. The van der Waals surface area contributed by atoms with Gasteiger partial charge in [-0.2, -0.15) is 12.7 Å². The largest absolute Gasteiger partial charge is 0.317 e. The molecule has 0 aromatic carbocycles. The Bertz CT molecular complexity index is 533. The van der Waals surface area contributed by atoms with Gasteiger partial charge in [0.1, 0.15) is 0 Å². The molecule has 0 amide bonds. The van der Waals surface area contributed by atoms with Gasteiger partial charge in [0.25, 0.3) is 0 Å². The van der Waals surface area contributed by atoms with Crippen molar-refractivity contribution in [2.75, 3.05) is 31.4 Å². The van der Waals surface area contributed by atoms with Crippen molar-refractivity contribution in [3.8, 4) is 0 Å². The molecule has 1 aromatic rings. The summed E-state index contributed by atoms with van der Waals surface area (Å²) < 4.78 is 28.4. The second-order valence-corrected chi connectivity index (χ2v) is 8.09. The summed E-state index contributed by atoms with van der Waals surface area (Å²) in [4.78, 5) is 5.65. The summed E-state index contributed by atoms with van der Waals surface area (Å²) in [5.41, 5.74) is 1.07. The van der Waals surface area contributed by atoms with E-state index < -0.39 is 10.2 Å². The molecule has 0 aliphatic heterocycles. The number of fused-ring (bicyclic) bond motifs is 1. The Kier molecular flexibility index (Phi) is 5.98. The van der Waals surface area contributed by atoms with Crippen LogP contribution in [0.15, 0.2) is 0 Å². The maximum Gasteiger partial charge on any atom is 0.303 e. The van der Waals surface area contributed by atoms with E-state index in [0.29, 0.717) is 11.7 Å². The number of aromatic nitrogens is 1. The average Bonchev–Trinajstić information content (AvgIpc) is 2.84. The molecule has 0 saturated carbocycles. The van der Waals surface area contributed by atoms with Gasteiger partial charge in [0.2, 0.25) is 0 Å². The maximum absolute atomic E-state index is 12.2. The van der Waals surface area contributed by atoms with Gasteiger partial charge in [0.05, 0.1) is 5.69 Å². The van der Waals surface area contributed by atoms with E-state index in [0.717, 1.165) is 44.5 Å². The van der Waals surface area contributed by atoms with Crippen LogP contribution >= 0.6 is 11.3 Å². The van der Waals surface area contributed by atoms with Gasteiger partial charge in [-0.15, -0.1) is 11.3 Å². The topological polar surface area (TPSA) is 74.3 Å². The fourth-order valence-corrected chi connectivity index (χ4v) is 4.48. The average molecular weight is 332 g/mol. The minimum absolute atomic E-state index is 0.493. The Balaban J connectivity index is 1.92. The number of nitrogens with one attached hydrogen (secondary N) is 2. The number of rotatable bonds is 8. The Morgan fingerprint density at radius 1 is 1.33 bits per heavy atom. The Morgan fingerprint density at radius 3 is 2.81 bits per heavy atom. The first-order valence-electron chi connectivity index (χ1n) is 7.46. The monoisotopic (exact) mass is 332 g/mol. The second-order valence-electron chi connectivity index (χ2n) is 5.23. The van der Waals surface area contributed by atoms with Gasteiger partial charge in [0, 0.05) is 18.5 Å². The molecule has 1 heterocycles. The fourth-order valence-electron chi connectivity index (χ4n) is 2.31. The van der Waals surface area contributed by atoms with Crippen LogP contribution in [0.4, 0.5) is 5.13 Å². The van der Waals surface area contributed by atoms with Crippen LogP contribution in [-0.4, -0.2) is 44.4 Å².